The van der Waals surface area contributed by atoms with E-state index < -0.39 is 27.2 Å². The highest BCUT2D eigenvalue weighted by Gasteiger charge is 2.28. The summed E-state index contributed by atoms with van der Waals surface area (Å²) in [6, 6.07) is -0.175. The summed E-state index contributed by atoms with van der Waals surface area (Å²) in [7, 11) is -4.57. The monoisotopic (exact) mass is 222 g/mol. The van der Waals surface area contributed by atoms with Crippen molar-refractivity contribution >= 4 is 16.0 Å². The lowest BCUT2D eigenvalue weighted by atomic mass is 10.1. The second-order valence-corrected chi connectivity index (χ2v) is 5.31. The Hall–Kier alpha value is -0.620. The molecule has 0 aromatic rings. The van der Waals surface area contributed by atoms with Gasteiger partial charge in [0, 0.05) is 6.04 Å². The van der Waals surface area contributed by atoms with Crippen LogP contribution >= 0.6 is 0 Å². The van der Waals surface area contributed by atoms with Gasteiger partial charge in [0.2, 0.25) is 5.91 Å². The number of hydrogen-bond donors (Lipinski definition) is 1. The van der Waals surface area contributed by atoms with Gasteiger partial charge in [-0.1, -0.05) is 13.8 Å². The number of nitrogens with one attached hydrogen (secondary N) is 1. The number of amides is 1. The molecule has 0 heterocycles. The zero-order valence-electron chi connectivity index (χ0n) is 8.77. The Morgan fingerprint density at radius 1 is 1.21 bits per heavy atom. The van der Waals surface area contributed by atoms with E-state index >= 15 is 0 Å². The van der Waals surface area contributed by atoms with Gasteiger partial charge in [0.15, 0.2) is 0 Å². The van der Waals surface area contributed by atoms with E-state index in [4.69, 9.17) is 0 Å². The van der Waals surface area contributed by atoms with E-state index in [0.717, 1.165) is 0 Å². The minimum absolute atomic E-state index is 0.175. The molecule has 0 radical (unpaired) electrons. The first-order valence-corrected chi connectivity index (χ1v) is 5.88. The molecular weight excluding hydrogens is 206 g/mol. The van der Waals surface area contributed by atoms with Gasteiger partial charge in [-0.2, -0.15) is 0 Å². The van der Waals surface area contributed by atoms with Crippen molar-refractivity contribution in [2.75, 3.05) is 0 Å². The van der Waals surface area contributed by atoms with Crippen LogP contribution < -0.4 is 5.32 Å². The van der Waals surface area contributed by atoms with E-state index in [0.29, 0.717) is 0 Å². The molecule has 0 spiro atoms. The maximum absolute atomic E-state index is 11.4. The van der Waals surface area contributed by atoms with E-state index in [2.05, 4.69) is 5.32 Å². The lowest BCUT2D eigenvalue weighted by Crippen LogP contribution is -2.45. The molecule has 1 N–H and O–H groups in total. The van der Waals surface area contributed by atoms with Gasteiger partial charge in [0.25, 0.3) is 0 Å². The lowest BCUT2D eigenvalue weighted by Gasteiger charge is -2.24. The highest BCUT2D eigenvalue weighted by molar-refractivity contribution is 7.87. The standard InChI is InChI=1S/C8H17NO4S/c1-5(2)7(14(11,12)13)8(10)9-6(3)4/h5-7H,1-4H3,(H,9,10)(H,11,12,13)/p-1. The molecule has 0 saturated carbocycles. The Morgan fingerprint density at radius 3 is 1.86 bits per heavy atom. The molecule has 0 aliphatic rings. The van der Waals surface area contributed by atoms with Crippen molar-refractivity contribution in [1.29, 1.82) is 0 Å². The molecule has 0 bridgehead atoms. The Labute approximate surface area is 84.6 Å². The normalized spacial score (nSPS) is 14.5. The first kappa shape index (κ1) is 13.4. The molecule has 0 aromatic carbocycles. The minimum Gasteiger partial charge on any atom is -0.747 e. The van der Waals surface area contributed by atoms with Crippen LogP contribution in [0.3, 0.4) is 0 Å². The molecule has 0 aliphatic heterocycles. The van der Waals surface area contributed by atoms with E-state index in [1.54, 1.807) is 13.8 Å². The van der Waals surface area contributed by atoms with Crippen LogP contribution in [-0.4, -0.2) is 30.2 Å². The number of hydrogen-bond acceptors (Lipinski definition) is 4. The molecular formula is C8H16NO4S-. The molecule has 14 heavy (non-hydrogen) atoms. The van der Waals surface area contributed by atoms with Gasteiger partial charge in [0.1, 0.15) is 15.4 Å². The molecule has 5 nitrogen and oxygen atoms in total. The molecule has 1 unspecified atom stereocenters. The van der Waals surface area contributed by atoms with Crippen LogP contribution in [0.4, 0.5) is 0 Å². The van der Waals surface area contributed by atoms with Gasteiger partial charge in [-0.25, -0.2) is 8.42 Å². The van der Waals surface area contributed by atoms with E-state index in [9.17, 15) is 17.8 Å². The fourth-order valence-electron chi connectivity index (χ4n) is 1.13. The van der Waals surface area contributed by atoms with Crippen LogP contribution in [0.2, 0.25) is 0 Å². The molecule has 0 aromatic heterocycles. The van der Waals surface area contributed by atoms with Crippen molar-refractivity contribution in [3.05, 3.63) is 0 Å². The third-order valence-corrected chi connectivity index (χ3v) is 2.99. The highest BCUT2D eigenvalue weighted by Crippen LogP contribution is 2.11. The van der Waals surface area contributed by atoms with Gasteiger partial charge in [-0.05, 0) is 19.8 Å². The van der Waals surface area contributed by atoms with Crippen LogP contribution in [-0.2, 0) is 14.9 Å². The van der Waals surface area contributed by atoms with Gasteiger partial charge < -0.3 is 9.87 Å². The van der Waals surface area contributed by atoms with Crippen LogP contribution in [0.5, 0.6) is 0 Å². The predicted octanol–water partition coefficient (Wildman–Crippen LogP) is 0.0808. The Kier molecular flexibility index (Phi) is 4.54. The highest BCUT2D eigenvalue weighted by atomic mass is 32.2. The van der Waals surface area contributed by atoms with Crippen molar-refractivity contribution in [3.8, 4) is 0 Å². The predicted molar refractivity (Wildman–Crippen MR) is 51.6 cm³/mol. The average Bonchev–Trinajstić information content (AvgIpc) is 1.78. The molecule has 1 atom stereocenters. The summed E-state index contributed by atoms with van der Waals surface area (Å²) >= 11 is 0. The van der Waals surface area contributed by atoms with Gasteiger partial charge in [-0.3, -0.25) is 4.79 Å². The molecule has 0 rings (SSSR count). The fraction of sp³-hybridized carbons (Fsp3) is 0.875. The maximum atomic E-state index is 11.4. The molecule has 0 saturated heterocycles. The Bertz CT molecular complexity index is 294. The van der Waals surface area contributed by atoms with Gasteiger partial charge >= 0.3 is 0 Å². The molecule has 0 fully saturated rings. The topological polar surface area (TPSA) is 86.3 Å². The third-order valence-electron chi connectivity index (χ3n) is 1.61. The Balaban J connectivity index is 4.78. The Morgan fingerprint density at radius 2 is 1.64 bits per heavy atom. The maximum Gasteiger partial charge on any atom is 0.237 e. The van der Waals surface area contributed by atoms with Crippen LogP contribution in [0.15, 0.2) is 0 Å². The summed E-state index contributed by atoms with van der Waals surface area (Å²) in [6.45, 7) is 6.46. The summed E-state index contributed by atoms with van der Waals surface area (Å²) in [5.74, 6) is -1.23. The summed E-state index contributed by atoms with van der Waals surface area (Å²) < 4.78 is 32.3. The fourth-order valence-corrected chi connectivity index (χ4v) is 2.13. The zero-order valence-corrected chi connectivity index (χ0v) is 9.59. The van der Waals surface area contributed by atoms with Crippen molar-refractivity contribution < 1.29 is 17.8 Å². The molecule has 1 amide bonds. The van der Waals surface area contributed by atoms with Gasteiger partial charge in [-0.15, -0.1) is 0 Å². The van der Waals surface area contributed by atoms with Crippen molar-refractivity contribution in [3.63, 3.8) is 0 Å². The smallest absolute Gasteiger partial charge is 0.237 e. The summed E-state index contributed by atoms with van der Waals surface area (Å²) in [5.41, 5.74) is 0. The first-order chi connectivity index (χ1) is 6.16. The van der Waals surface area contributed by atoms with Crippen LogP contribution in [0.25, 0.3) is 0 Å². The van der Waals surface area contributed by atoms with Gasteiger partial charge in [0.05, 0.1) is 0 Å². The minimum atomic E-state index is -4.57. The van der Waals surface area contributed by atoms with Crippen molar-refractivity contribution in [2.24, 2.45) is 5.92 Å². The van der Waals surface area contributed by atoms with Crippen LogP contribution in [0.1, 0.15) is 27.7 Å². The summed E-state index contributed by atoms with van der Waals surface area (Å²) in [5, 5.41) is 0.917. The second-order valence-electron chi connectivity index (χ2n) is 3.82. The summed E-state index contributed by atoms with van der Waals surface area (Å²) in [6.07, 6.45) is 0. The third kappa shape index (κ3) is 4.06. The number of rotatable bonds is 4. The second kappa shape index (κ2) is 4.75. The van der Waals surface area contributed by atoms with E-state index in [-0.39, 0.29) is 6.04 Å². The SMILES string of the molecule is CC(C)NC(=O)C(C(C)C)S(=O)(=O)[O-]. The lowest BCUT2D eigenvalue weighted by molar-refractivity contribution is -0.121. The van der Waals surface area contributed by atoms with Crippen LogP contribution in [0, 0.1) is 5.92 Å². The molecule has 84 valence electrons. The summed E-state index contributed by atoms with van der Waals surface area (Å²) in [4.78, 5) is 11.4. The number of carbonyl (C=O) groups excluding carboxylic acids is 1. The van der Waals surface area contributed by atoms with E-state index in [1.165, 1.54) is 13.8 Å². The first-order valence-electron chi connectivity index (χ1n) is 4.41. The zero-order chi connectivity index (χ0) is 11.5. The van der Waals surface area contributed by atoms with E-state index in [1.807, 2.05) is 0 Å². The quantitative estimate of drug-likeness (QED) is 0.682. The van der Waals surface area contributed by atoms with Crippen molar-refractivity contribution in [2.45, 2.75) is 39.0 Å². The average molecular weight is 222 g/mol. The van der Waals surface area contributed by atoms with Crippen molar-refractivity contribution in [1.82, 2.24) is 5.32 Å². The number of carbonyl (C=O) groups is 1. The molecule has 0 aliphatic carbocycles. The molecule has 6 heteroatoms. The largest absolute Gasteiger partial charge is 0.747 e.